The van der Waals surface area contributed by atoms with Crippen molar-refractivity contribution in [2.75, 3.05) is 11.9 Å². The van der Waals surface area contributed by atoms with Gasteiger partial charge in [0.2, 0.25) is 0 Å². The summed E-state index contributed by atoms with van der Waals surface area (Å²) in [5.74, 6) is -0.356. The van der Waals surface area contributed by atoms with Crippen LogP contribution < -0.4 is 5.32 Å². The molecule has 2 unspecified atom stereocenters. The number of fused-ring (bicyclic) bond motifs is 1. The van der Waals surface area contributed by atoms with Crippen LogP contribution in [-0.4, -0.2) is 18.6 Å². The zero-order valence-corrected chi connectivity index (χ0v) is 15.3. The fourth-order valence-corrected chi connectivity index (χ4v) is 3.91. The first-order valence-corrected chi connectivity index (χ1v) is 8.80. The minimum atomic E-state index is -0.462. The average molecular weight is 385 g/mol. The van der Waals surface area contributed by atoms with E-state index in [9.17, 15) is 4.79 Å². The van der Waals surface area contributed by atoms with Crippen LogP contribution in [0.25, 0.3) is 0 Å². The lowest BCUT2D eigenvalue weighted by Gasteiger charge is -2.33. The van der Waals surface area contributed by atoms with E-state index in [0.29, 0.717) is 28.1 Å². The first kappa shape index (κ1) is 17.4. The summed E-state index contributed by atoms with van der Waals surface area (Å²) in [6.45, 7) is 2.12. The Hall–Kier alpha value is -1.42. The molecule has 1 aliphatic heterocycles. The van der Waals surface area contributed by atoms with Crippen LogP contribution in [0.2, 0.25) is 15.1 Å². The molecule has 0 fully saturated rings. The Kier molecular flexibility index (Phi) is 5.24. The lowest BCUT2D eigenvalue weighted by molar-refractivity contribution is -0.144. The molecular formula is C18H16Cl3NO2. The number of carbonyl (C=O) groups is 1. The van der Waals surface area contributed by atoms with Gasteiger partial charge in [-0.15, -0.1) is 0 Å². The van der Waals surface area contributed by atoms with E-state index in [-0.39, 0.29) is 11.9 Å². The Balaban J connectivity index is 2.08. The quantitative estimate of drug-likeness (QED) is 0.707. The SMILES string of the molecule is CCOC(=O)C1CC(c2cccc(Cl)c2)c2c(Cl)cc(Cl)cc2N1. The van der Waals surface area contributed by atoms with Gasteiger partial charge < -0.3 is 10.1 Å². The lowest BCUT2D eigenvalue weighted by Crippen LogP contribution is -2.37. The molecule has 0 spiro atoms. The second kappa shape index (κ2) is 7.22. The molecule has 0 radical (unpaired) electrons. The maximum Gasteiger partial charge on any atom is 0.328 e. The third-order valence-corrected chi connectivity index (χ3v) is 4.83. The molecule has 2 atom stereocenters. The molecular weight excluding hydrogens is 369 g/mol. The number of halogens is 3. The number of carbonyl (C=O) groups excluding carboxylic acids is 1. The van der Waals surface area contributed by atoms with Gasteiger partial charge in [0.25, 0.3) is 0 Å². The topological polar surface area (TPSA) is 38.3 Å². The van der Waals surface area contributed by atoms with Gasteiger partial charge in [-0.2, -0.15) is 0 Å². The van der Waals surface area contributed by atoms with Gasteiger partial charge in [0, 0.05) is 32.2 Å². The summed E-state index contributed by atoms with van der Waals surface area (Å²) in [7, 11) is 0. The molecule has 2 aromatic rings. The molecule has 2 aromatic carbocycles. The maximum atomic E-state index is 12.2. The summed E-state index contributed by atoms with van der Waals surface area (Å²) in [5, 5.41) is 4.93. The highest BCUT2D eigenvalue weighted by Crippen LogP contribution is 2.44. The molecule has 0 bridgehead atoms. The van der Waals surface area contributed by atoms with Gasteiger partial charge in [-0.05, 0) is 43.2 Å². The van der Waals surface area contributed by atoms with E-state index in [0.717, 1.165) is 16.8 Å². The monoisotopic (exact) mass is 383 g/mol. The van der Waals surface area contributed by atoms with E-state index >= 15 is 0 Å². The molecule has 6 heteroatoms. The van der Waals surface area contributed by atoms with Crippen LogP contribution in [0.4, 0.5) is 5.69 Å². The van der Waals surface area contributed by atoms with E-state index in [1.807, 2.05) is 24.3 Å². The summed E-state index contributed by atoms with van der Waals surface area (Å²) in [4.78, 5) is 12.2. The average Bonchev–Trinajstić information content (AvgIpc) is 2.53. The summed E-state index contributed by atoms with van der Waals surface area (Å²) < 4.78 is 5.17. The Labute approximate surface area is 155 Å². The van der Waals surface area contributed by atoms with E-state index in [4.69, 9.17) is 39.5 Å². The van der Waals surface area contributed by atoms with Gasteiger partial charge in [-0.25, -0.2) is 4.79 Å². The third kappa shape index (κ3) is 3.49. The molecule has 0 saturated carbocycles. The van der Waals surface area contributed by atoms with Crippen molar-refractivity contribution in [3.05, 3.63) is 62.6 Å². The fraction of sp³-hybridized carbons (Fsp3) is 0.278. The van der Waals surface area contributed by atoms with Gasteiger partial charge in [-0.1, -0.05) is 46.9 Å². The molecule has 3 nitrogen and oxygen atoms in total. The molecule has 0 amide bonds. The summed E-state index contributed by atoms with van der Waals surface area (Å²) in [5.41, 5.74) is 2.68. The van der Waals surface area contributed by atoms with Crippen LogP contribution in [0, 0.1) is 0 Å². The van der Waals surface area contributed by atoms with E-state index in [2.05, 4.69) is 5.32 Å². The smallest absolute Gasteiger partial charge is 0.328 e. The van der Waals surface area contributed by atoms with Crippen molar-refractivity contribution >= 4 is 46.5 Å². The standard InChI is InChI=1S/C18H16Cl3NO2/c1-2-24-18(23)16-9-13(10-4-3-5-11(19)6-10)17-14(21)7-12(20)8-15(17)22-16/h3-8,13,16,22H,2,9H2,1H3. The third-order valence-electron chi connectivity index (χ3n) is 4.07. The predicted octanol–water partition coefficient (Wildman–Crippen LogP) is 5.53. The molecule has 3 rings (SSSR count). The fourth-order valence-electron chi connectivity index (χ4n) is 3.08. The summed E-state index contributed by atoms with van der Waals surface area (Å²) in [6.07, 6.45) is 0.535. The van der Waals surface area contributed by atoms with Crippen molar-refractivity contribution in [3.8, 4) is 0 Å². The molecule has 1 N–H and O–H groups in total. The molecule has 0 saturated heterocycles. The number of rotatable bonds is 3. The Morgan fingerprint density at radius 1 is 1.21 bits per heavy atom. The first-order chi connectivity index (χ1) is 11.5. The Morgan fingerprint density at radius 2 is 2.00 bits per heavy atom. The number of benzene rings is 2. The van der Waals surface area contributed by atoms with Gasteiger partial charge in [0.1, 0.15) is 6.04 Å². The predicted molar refractivity (Wildman–Crippen MR) is 98.4 cm³/mol. The van der Waals surface area contributed by atoms with Crippen LogP contribution in [0.3, 0.4) is 0 Å². The second-order valence-corrected chi connectivity index (χ2v) is 6.92. The molecule has 0 aromatic heterocycles. The number of esters is 1. The number of ether oxygens (including phenoxy) is 1. The maximum absolute atomic E-state index is 12.2. The van der Waals surface area contributed by atoms with Gasteiger partial charge in [0.05, 0.1) is 6.61 Å². The highest BCUT2D eigenvalue weighted by molar-refractivity contribution is 6.35. The van der Waals surface area contributed by atoms with Gasteiger partial charge in [0.15, 0.2) is 0 Å². The van der Waals surface area contributed by atoms with Crippen molar-refractivity contribution in [2.24, 2.45) is 0 Å². The van der Waals surface area contributed by atoms with Crippen molar-refractivity contribution < 1.29 is 9.53 Å². The number of nitrogens with one attached hydrogen (secondary N) is 1. The number of hydrogen-bond donors (Lipinski definition) is 1. The highest BCUT2D eigenvalue weighted by atomic mass is 35.5. The minimum Gasteiger partial charge on any atom is -0.464 e. The number of anilines is 1. The largest absolute Gasteiger partial charge is 0.464 e. The zero-order valence-electron chi connectivity index (χ0n) is 13.0. The summed E-state index contributed by atoms with van der Waals surface area (Å²) in [6, 6.07) is 10.6. The van der Waals surface area contributed by atoms with Crippen molar-refractivity contribution in [3.63, 3.8) is 0 Å². The summed E-state index contributed by atoms with van der Waals surface area (Å²) >= 11 is 18.7. The van der Waals surface area contributed by atoms with Crippen molar-refractivity contribution in [2.45, 2.75) is 25.3 Å². The van der Waals surface area contributed by atoms with Gasteiger partial charge >= 0.3 is 5.97 Å². The zero-order chi connectivity index (χ0) is 17.3. The molecule has 126 valence electrons. The molecule has 1 heterocycles. The van der Waals surface area contributed by atoms with E-state index in [1.165, 1.54) is 0 Å². The van der Waals surface area contributed by atoms with E-state index < -0.39 is 6.04 Å². The normalized spacial score (nSPS) is 19.3. The second-order valence-electron chi connectivity index (χ2n) is 5.64. The van der Waals surface area contributed by atoms with E-state index in [1.54, 1.807) is 19.1 Å². The van der Waals surface area contributed by atoms with Crippen LogP contribution in [-0.2, 0) is 9.53 Å². The van der Waals surface area contributed by atoms with Crippen LogP contribution in [0.15, 0.2) is 36.4 Å². The van der Waals surface area contributed by atoms with Crippen LogP contribution in [0.1, 0.15) is 30.4 Å². The first-order valence-electron chi connectivity index (χ1n) is 7.67. The molecule has 1 aliphatic rings. The molecule has 24 heavy (non-hydrogen) atoms. The lowest BCUT2D eigenvalue weighted by atomic mass is 9.82. The van der Waals surface area contributed by atoms with Crippen molar-refractivity contribution in [1.82, 2.24) is 0 Å². The minimum absolute atomic E-state index is 0.0703. The molecule has 0 aliphatic carbocycles. The van der Waals surface area contributed by atoms with Crippen molar-refractivity contribution in [1.29, 1.82) is 0 Å². The Bertz CT molecular complexity index is 779. The number of hydrogen-bond acceptors (Lipinski definition) is 3. The Morgan fingerprint density at radius 3 is 2.71 bits per heavy atom. The van der Waals surface area contributed by atoms with Gasteiger partial charge in [-0.3, -0.25) is 0 Å². The van der Waals surface area contributed by atoms with Crippen LogP contribution in [0.5, 0.6) is 0 Å². The van der Waals surface area contributed by atoms with Crippen LogP contribution >= 0.6 is 34.8 Å². The highest BCUT2D eigenvalue weighted by Gasteiger charge is 2.34.